The molecule has 0 aliphatic rings. The molecule has 0 aliphatic heterocycles. The van der Waals surface area contributed by atoms with Crippen LogP contribution in [0.2, 0.25) is 0 Å². The Kier molecular flexibility index (Phi) is 5.39. The number of carbonyl (C=O) groups excluding carboxylic acids is 2. The van der Waals surface area contributed by atoms with Gasteiger partial charge in [-0.1, -0.05) is 0 Å². The second-order valence-electron chi connectivity index (χ2n) is 3.84. The summed E-state index contributed by atoms with van der Waals surface area (Å²) in [6.07, 6.45) is 0. The number of rotatable bonds is 6. The minimum atomic E-state index is -6.40. The van der Waals surface area contributed by atoms with E-state index in [1.807, 2.05) is 0 Å². The number of hydrogen-bond acceptors (Lipinski definition) is 4. The molecule has 0 saturated heterocycles. The molecule has 13 heteroatoms. The van der Waals surface area contributed by atoms with E-state index >= 15 is 0 Å². The van der Waals surface area contributed by atoms with Crippen LogP contribution in [-0.4, -0.2) is 49.8 Å². The molecule has 0 aromatic carbocycles. The first kappa shape index (κ1) is 19.6. The standard InChI is InChI=1S/C8H8F7NO4S/c1-6(10,11)7(12,13)8(14,15)21(19,20)3-5(18)16-4(17)2-9/h2-3H2,1H3,(H,16,17,18). The fourth-order valence-corrected chi connectivity index (χ4v) is 2.11. The molecule has 0 saturated carbocycles. The van der Waals surface area contributed by atoms with Gasteiger partial charge in [0, 0.05) is 6.92 Å². The Morgan fingerprint density at radius 2 is 1.43 bits per heavy atom. The van der Waals surface area contributed by atoms with Crippen LogP contribution in [0.15, 0.2) is 0 Å². The molecule has 124 valence electrons. The van der Waals surface area contributed by atoms with Crippen molar-refractivity contribution < 1.29 is 48.7 Å². The van der Waals surface area contributed by atoms with Gasteiger partial charge in [0.15, 0.2) is 6.67 Å². The van der Waals surface area contributed by atoms with Crippen LogP contribution in [0.5, 0.6) is 0 Å². The molecule has 0 fully saturated rings. The van der Waals surface area contributed by atoms with Crippen molar-refractivity contribution in [1.82, 2.24) is 5.32 Å². The van der Waals surface area contributed by atoms with Crippen LogP contribution in [0, 0.1) is 0 Å². The third-order valence-corrected chi connectivity index (χ3v) is 3.71. The van der Waals surface area contributed by atoms with Crippen molar-refractivity contribution in [2.45, 2.75) is 24.0 Å². The van der Waals surface area contributed by atoms with Crippen LogP contribution in [0.3, 0.4) is 0 Å². The maximum absolute atomic E-state index is 13.1. The Balaban J connectivity index is 5.42. The fraction of sp³-hybridized carbons (Fsp3) is 0.750. The molecule has 0 atom stereocenters. The van der Waals surface area contributed by atoms with Crippen LogP contribution in [0.1, 0.15) is 6.92 Å². The van der Waals surface area contributed by atoms with Crippen molar-refractivity contribution in [3.8, 4) is 0 Å². The van der Waals surface area contributed by atoms with Crippen molar-refractivity contribution in [3.63, 3.8) is 0 Å². The molecule has 0 rings (SSSR count). The lowest BCUT2D eigenvalue weighted by molar-refractivity contribution is -0.271. The maximum Gasteiger partial charge on any atom is 0.413 e. The van der Waals surface area contributed by atoms with Crippen molar-refractivity contribution in [1.29, 1.82) is 0 Å². The van der Waals surface area contributed by atoms with Crippen LogP contribution < -0.4 is 5.32 Å². The zero-order chi connectivity index (χ0) is 17.3. The number of nitrogens with one attached hydrogen (secondary N) is 1. The smallest absolute Gasteiger partial charge is 0.293 e. The third kappa shape index (κ3) is 3.83. The van der Waals surface area contributed by atoms with Crippen LogP contribution in [0.25, 0.3) is 0 Å². The number of imide groups is 1. The molecule has 0 spiro atoms. The van der Waals surface area contributed by atoms with Crippen molar-refractivity contribution in [2.24, 2.45) is 0 Å². The largest absolute Gasteiger partial charge is 0.413 e. The highest BCUT2D eigenvalue weighted by atomic mass is 32.2. The molecular formula is C8H8F7NO4S. The normalized spacial score (nSPS) is 13.9. The van der Waals surface area contributed by atoms with E-state index in [1.165, 1.54) is 0 Å². The average Bonchev–Trinajstić information content (AvgIpc) is 2.25. The molecule has 0 unspecified atom stereocenters. The monoisotopic (exact) mass is 347 g/mol. The SMILES string of the molecule is CC(F)(F)C(F)(F)C(F)(F)S(=O)(=O)CC(=O)NC(=O)CF. The predicted molar refractivity (Wildman–Crippen MR) is 53.4 cm³/mol. The first-order valence-electron chi connectivity index (χ1n) is 4.84. The lowest BCUT2D eigenvalue weighted by Gasteiger charge is -2.29. The fourth-order valence-electron chi connectivity index (χ4n) is 0.939. The maximum atomic E-state index is 13.1. The number of amides is 2. The molecule has 0 bridgehead atoms. The number of alkyl halides is 7. The van der Waals surface area contributed by atoms with Gasteiger partial charge >= 0.3 is 17.1 Å². The van der Waals surface area contributed by atoms with Gasteiger partial charge in [0.05, 0.1) is 0 Å². The van der Waals surface area contributed by atoms with Gasteiger partial charge in [-0.05, 0) is 0 Å². The van der Waals surface area contributed by atoms with Crippen LogP contribution in [-0.2, 0) is 19.4 Å². The van der Waals surface area contributed by atoms with Gasteiger partial charge in [-0.25, -0.2) is 12.8 Å². The minimum absolute atomic E-state index is 0.636. The van der Waals surface area contributed by atoms with Gasteiger partial charge in [0.1, 0.15) is 5.75 Å². The van der Waals surface area contributed by atoms with E-state index in [1.54, 1.807) is 0 Å². The Labute approximate surface area is 113 Å². The van der Waals surface area contributed by atoms with Crippen molar-refractivity contribution in [2.75, 3.05) is 12.4 Å². The van der Waals surface area contributed by atoms with E-state index in [9.17, 15) is 48.7 Å². The van der Waals surface area contributed by atoms with Crippen molar-refractivity contribution in [3.05, 3.63) is 0 Å². The van der Waals surface area contributed by atoms with Gasteiger partial charge in [-0.15, -0.1) is 0 Å². The van der Waals surface area contributed by atoms with E-state index in [-0.39, 0.29) is 0 Å². The van der Waals surface area contributed by atoms with E-state index in [4.69, 9.17) is 0 Å². The molecule has 2 amide bonds. The summed E-state index contributed by atoms with van der Waals surface area (Å²) in [5.41, 5.74) is 0. The molecule has 0 heterocycles. The molecule has 0 aliphatic carbocycles. The predicted octanol–water partition coefficient (Wildman–Crippen LogP) is 0.897. The highest BCUT2D eigenvalue weighted by molar-refractivity contribution is 7.93. The Morgan fingerprint density at radius 3 is 1.76 bits per heavy atom. The number of carbonyl (C=O) groups is 2. The zero-order valence-electron chi connectivity index (χ0n) is 10.1. The summed E-state index contributed by atoms with van der Waals surface area (Å²) < 4.78 is 110. The van der Waals surface area contributed by atoms with Crippen molar-refractivity contribution >= 4 is 21.7 Å². The van der Waals surface area contributed by atoms with Crippen LogP contribution >= 0.6 is 0 Å². The van der Waals surface area contributed by atoms with E-state index in [0.29, 0.717) is 0 Å². The molecule has 0 aromatic heterocycles. The summed E-state index contributed by atoms with van der Waals surface area (Å²) in [6.45, 7) is -2.45. The number of halogens is 7. The summed E-state index contributed by atoms with van der Waals surface area (Å²) in [4.78, 5) is 21.2. The average molecular weight is 347 g/mol. The summed E-state index contributed by atoms with van der Waals surface area (Å²) in [5.74, 6) is -17.9. The molecule has 1 N–H and O–H groups in total. The van der Waals surface area contributed by atoms with Gasteiger partial charge in [-0.2, -0.15) is 26.3 Å². The highest BCUT2D eigenvalue weighted by Gasteiger charge is 2.75. The van der Waals surface area contributed by atoms with Gasteiger partial charge < -0.3 is 0 Å². The van der Waals surface area contributed by atoms with E-state index < -0.39 is 58.1 Å². The molecular weight excluding hydrogens is 339 g/mol. The summed E-state index contributed by atoms with van der Waals surface area (Å²) >= 11 is 0. The second-order valence-corrected chi connectivity index (χ2v) is 5.87. The van der Waals surface area contributed by atoms with Gasteiger partial charge in [0.25, 0.3) is 5.91 Å². The van der Waals surface area contributed by atoms with E-state index in [2.05, 4.69) is 0 Å². The first-order valence-corrected chi connectivity index (χ1v) is 6.49. The molecule has 0 aromatic rings. The Hall–Kier alpha value is -1.40. The first-order chi connectivity index (χ1) is 9.10. The number of hydrogen-bond donors (Lipinski definition) is 1. The topological polar surface area (TPSA) is 80.3 Å². The summed E-state index contributed by atoms with van der Waals surface area (Å²) in [7, 11) is -6.40. The molecule has 0 radical (unpaired) electrons. The second kappa shape index (κ2) is 5.77. The molecule has 5 nitrogen and oxygen atoms in total. The lowest BCUT2D eigenvalue weighted by Crippen LogP contribution is -2.58. The number of sulfone groups is 1. The van der Waals surface area contributed by atoms with Crippen LogP contribution in [0.4, 0.5) is 30.7 Å². The third-order valence-electron chi connectivity index (χ3n) is 2.03. The van der Waals surface area contributed by atoms with Gasteiger partial charge in [-0.3, -0.25) is 14.9 Å². The zero-order valence-corrected chi connectivity index (χ0v) is 10.9. The summed E-state index contributed by atoms with van der Waals surface area (Å²) in [5, 5.41) is -5.33. The van der Waals surface area contributed by atoms with E-state index in [0.717, 1.165) is 5.32 Å². The highest BCUT2D eigenvalue weighted by Crippen LogP contribution is 2.48. The molecule has 21 heavy (non-hydrogen) atoms. The Morgan fingerprint density at radius 1 is 1.00 bits per heavy atom. The lowest BCUT2D eigenvalue weighted by atomic mass is 10.2. The summed E-state index contributed by atoms with van der Waals surface area (Å²) in [6, 6.07) is 0. The quantitative estimate of drug-likeness (QED) is 0.724. The Bertz CT molecular complexity index is 525. The minimum Gasteiger partial charge on any atom is -0.293 e. The van der Waals surface area contributed by atoms with Gasteiger partial charge in [0.2, 0.25) is 15.7 Å².